The molecule has 7 unspecified atom stereocenters. The zero-order valence-corrected chi connectivity index (χ0v) is 41.4. The average Bonchev–Trinajstić information content (AvgIpc) is 3.32. The minimum absolute atomic E-state index is 0.197. The summed E-state index contributed by atoms with van der Waals surface area (Å²) in [7, 11) is 0. The average molecular weight is 922 g/mol. The Kier molecular flexibility index (Phi) is 42.1. The predicted molar refractivity (Wildman–Crippen MR) is 276 cm³/mol. The van der Waals surface area contributed by atoms with Crippen LogP contribution in [0.25, 0.3) is 0 Å². The van der Waals surface area contributed by atoms with E-state index in [1.54, 1.807) is 6.08 Å². The summed E-state index contributed by atoms with van der Waals surface area (Å²) in [6.45, 7) is 3.54. The first kappa shape index (κ1) is 60.9. The number of hydrogen-bond donors (Lipinski definition) is 6. The maximum atomic E-state index is 12.9. The molecular formula is C57H95NO8. The first-order chi connectivity index (χ1) is 32.3. The summed E-state index contributed by atoms with van der Waals surface area (Å²) in [6.07, 6.45) is 60.4. The van der Waals surface area contributed by atoms with Gasteiger partial charge in [-0.2, -0.15) is 0 Å². The molecule has 6 N–H and O–H groups in total. The molecule has 1 fully saturated rings. The van der Waals surface area contributed by atoms with Crippen molar-refractivity contribution < 1.29 is 39.8 Å². The van der Waals surface area contributed by atoms with E-state index in [2.05, 4.69) is 116 Å². The van der Waals surface area contributed by atoms with Gasteiger partial charge in [-0.05, 0) is 83.5 Å². The molecule has 0 bridgehead atoms. The number of aliphatic hydroxyl groups is 5. The highest BCUT2D eigenvalue weighted by atomic mass is 16.7. The second kappa shape index (κ2) is 45.6. The normalized spacial score (nSPS) is 20.7. The number of ether oxygens (including phenoxy) is 2. The number of allylic oxidation sites excluding steroid dienone is 17. The molecule has 0 spiro atoms. The van der Waals surface area contributed by atoms with Gasteiger partial charge in [0.1, 0.15) is 24.4 Å². The summed E-state index contributed by atoms with van der Waals surface area (Å²) in [5, 5.41) is 54.0. The molecule has 7 atom stereocenters. The van der Waals surface area contributed by atoms with Crippen LogP contribution in [-0.4, -0.2) is 87.5 Å². The standard InChI is InChI=1S/C57H95NO8/c1-3-5-7-9-11-13-14-15-16-17-18-19-20-21-22-23-24-25-26-27-28-29-30-31-32-33-34-35-36-37-38-39-41-43-45-47-53(61)58-50(51(60)46-44-42-40-12-10-8-6-4-2)49-65-57-56(64)55(63)54(62)52(48-59)66-57/h5,7,10-13,15-16,18-19,21-22,24-25,27-28,44,46,50-52,54-57,59-60,62-64H,3-4,6,8-9,14,17,20,23,26,29-43,45,47-49H2,1-2H3,(H,58,61)/b7-5-,12-10+,13-11-,16-15-,19-18-,22-21-,25-24-,28-27-,46-44+. The summed E-state index contributed by atoms with van der Waals surface area (Å²) < 4.78 is 11.2. The first-order valence-electron chi connectivity index (χ1n) is 26.1. The van der Waals surface area contributed by atoms with E-state index in [-0.39, 0.29) is 12.5 Å². The minimum Gasteiger partial charge on any atom is -0.394 e. The Bertz CT molecular complexity index is 1390. The Morgan fingerprint density at radius 3 is 1.45 bits per heavy atom. The monoisotopic (exact) mass is 922 g/mol. The lowest BCUT2D eigenvalue weighted by Crippen LogP contribution is -2.60. The number of carbonyl (C=O) groups excluding carboxylic acids is 1. The number of rotatable bonds is 42. The third kappa shape index (κ3) is 35.1. The molecule has 0 saturated carbocycles. The third-order valence-electron chi connectivity index (χ3n) is 11.6. The van der Waals surface area contributed by atoms with Crippen LogP contribution in [0.2, 0.25) is 0 Å². The zero-order chi connectivity index (χ0) is 48.0. The van der Waals surface area contributed by atoms with E-state index in [1.807, 2.05) is 6.08 Å². The van der Waals surface area contributed by atoms with Gasteiger partial charge in [0.2, 0.25) is 5.91 Å². The second-order valence-corrected chi connectivity index (χ2v) is 17.6. The van der Waals surface area contributed by atoms with Crippen LogP contribution in [0.15, 0.2) is 109 Å². The minimum atomic E-state index is -1.57. The molecule has 0 aromatic carbocycles. The van der Waals surface area contributed by atoms with E-state index >= 15 is 0 Å². The van der Waals surface area contributed by atoms with Gasteiger partial charge in [0.15, 0.2) is 6.29 Å². The maximum absolute atomic E-state index is 12.9. The number of hydrogen-bond acceptors (Lipinski definition) is 8. The van der Waals surface area contributed by atoms with E-state index in [0.717, 1.165) is 96.3 Å². The number of amides is 1. The van der Waals surface area contributed by atoms with E-state index in [4.69, 9.17) is 9.47 Å². The Morgan fingerprint density at radius 1 is 0.530 bits per heavy atom. The van der Waals surface area contributed by atoms with Crippen LogP contribution in [0.5, 0.6) is 0 Å². The van der Waals surface area contributed by atoms with Crippen molar-refractivity contribution in [2.75, 3.05) is 13.2 Å². The highest BCUT2D eigenvalue weighted by Crippen LogP contribution is 2.22. The Labute approximate surface area is 402 Å². The Hall–Kier alpha value is -3.15. The van der Waals surface area contributed by atoms with E-state index in [1.165, 1.54) is 70.6 Å². The van der Waals surface area contributed by atoms with Gasteiger partial charge in [-0.3, -0.25) is 4.79 Å². The summed E-state index contributed by atoms with van der Waals surface area (Å²) in [4.78, 5) is 12.9. The van der Waals surface area contributed by atoms with Crippen molar-refractivity contribution in [3.8, 4) is 0 Å². The molecule has 66 heavy (non-hydrogen) atoms. The fraction of sp³-hybridized carbons (Fsp3) is 0.667. The van der Waals surface area contributed by atoms with Gasteiger partial charge in [0, 0.05) is 6.42 Å². The van der Waals surface area contributed by atoms with Gasteiger partial charge in [-0.25, -0.2) is 0 Å². The lowest BCUT2D eigenvalue weighted by Gasteiger charge is -2.40. The van der Waals surface area contributed by atoms with Crippen LogP contribution in [0, 0.1) is 0 Å². The molecule has 376 valence electrons. The predicted octanol–water partition coefficient (Wildman–Crippen LogP) is 12.2. The molecular weight excluding hydrogens is 827 g/mol. The summed E-state index contributed by atoms with van der Waals surface area (Å²) in [6, 6.07) is -0.825. The molecule has 1 rings (SSSR count). The summed E-state index contributed by atoms with van der Waals surface area (Å²) >= 11 is 0. The van der Waals surface area contributed by atoms with Crippen LogP contribution in [0.1, 0.15) is 187 Å². The second-order valence-electron chi connectivity index (χ2n) is 17.6. The molecule has 1 saturated heterocycles. The van der Waals surface area contributed by atoms with E-state index in [0.29, 0.717) is 6.42 Å². The van der Waals surface area contributed by atoms with Gasteiger partial charge >= 0.3 is 0 Å². The van der Waals surface area contributed by atoms with Crippen molar-refractivity contribution in [3.63, 3.8) is 0 Å². The molecule has 9 nitrogen and oxygen atoms in total. The lowest BCUT2D eigenvalue weighted by atomic mass is 9.99. The van der Waals surface area contributed by atoms with Crippen molar-refractivity contribution in [2.24, 2.45) is 0 Å². The van der Waals surface area contributed by atoms with Gasteiger partial charge in [-0.1, -0.05) is 207 Å². The smallest absolute Gasteiger partial charge is 0.220 e. The topological polar surface area (TPSA) is 149 Å². The van der Waals surface area contributed by atoms with Gasteiger partial charge in [0.25, 0.3) is 0 Å². The SMILES string of the molecule is CC/C=C\C/C=C\C/C=C\C/C=C\C/C=C\C/C=C\C/C=C\CCCCCCCCCCCCCCCC(=O)NC(COC1OC(CO)C(O)C(O)C1O)C(O)/C=C/CC/C=C/CCCC. The highest BCUT2D eigenvalue weighted by molar-refractivity contribution is 5.76. The van der Waals surface area contributed by atoms with Crippen molar-refractivity contribution >= 4 is 5.91 Å². The summed E-state index contributed by atoms with van der Waals surface area (Å²) in [5.74, 6) is -0.197. The molecule has 9 heteroatoms. The van der Waals surface area contributed by atoms with Gasteiger partial charge < -0.3 is 40.3 Å². The number of aliphatic hydroxyl groups excluding tert-OH is 5. The first-order valence-corrected chi connectivity index (χ1v) is 26.1. The molecule has 1 aliphatic heterocycles. The molecule has 0 aliphatic carbocycles. The fourth-order valence-electron chi connectivity index (χ4n) is 7.43. The largest absolute Gasteiger partial charge is 0.394 e. The van der Waals surface area contributed by atoms with Crippen LogP contribution < -0.4 is 5.32 Å². The number of carbonyl (C=O) groups is 1. The molecule has 1 amide bonds. The Balaban J connectivity index is 2.11. The van der Waals surface area contributed by atoms with Crippen LogP contribution in [0.3, 0.4) is 0 Å². The fourth-order valence-corrected chi connectivity index (χ4v) is 7.43. The zero-order valence-electron chi connectivity index (χ0n) is 41.4. The Morgan fingerprint density at radius 2 is 0.955 bits per heavy atom. The quantitative estimate of drug-likeness (QED) is 0.0262. The number of unbranched alkanes of at least 4 members (excludes halogenated alkanes) is 16. The van der Waals surface area contributed by atoms with Crippen molar-refractivity contribution in [2.45, 2.75) is 230 Å². The van der Waals surface area contributed by atoms with Gasteiger partial charge in [-0.15, -0.1) is 0 Å². The molecule has 0 aromatic rings. The number of nitrogens with one attached hydrogen (secondary N) is 1. The lowest BCUT2D eigenvalue weighted by molar-refractivity contribution is -0.302. The molecule has 0 aromatic heterocycles. The van der Waals surface area contributed by atoms with E-state index < -0.39 is 49.5 Å². The van der Waals surface area contributed by atoms with Crippen LogP contribution in [0.4, 0.5) is 0 Å². The molecule has 1 heterocycles. The maximum Gasteiger partial charge on any atom is 0.220 e. The summed E-state index contributed by atoms with van der Waals surface area (Å²) in [5.41, 5.74) is 0. The van der Waals surface area contributed by atoms with Crippen LogP contribution in [-0.2, 0) is 14.3 Å². The van der Waals surface area contributed by atoms with Crippen LogP contribution >= 0.6 is 0 Å². The van der Waals surface area contributed by atoms with Crippen molar-refractivity contribution in [3.05, 3.63) is 109 Å². The van der Waals surface area contributed by atoms with E-state index in [9.17, 15) is 30.3 Å². The van der Waals surface area contributed by atoms with Gasteiger partial charge in [0.05, 0.1) is 25.4 Å². The third-order valence-corrected chi connectivity index (χ3v) is 11.6. The molecule has 0 radical (unpaired) electrons. The molecule has 1 aliphatic rings. The highest BCUT2D eigenvalue weighted by Gasteiger charge is 2.44. The van der Waals surface area contributed by atoms with Crippen molar-refractivity contribution in [1.82, 2.24) is 5.32 Å². The van der Waals surface area contributed by atoms with Crippen molar-refractivity contribution in [1.29, 1.82) is 0 Å².